The van der Waals surface area contributed by atoms with Gasteiger partial charge in [-0.3, -0.25) is 0 Å². The van der Waals surface area contributed by atoms with Crippen LogP contribution in [0.1, 0.15) is 32.1 Å². The van der Waals surface area contributed by atoms with Gasteiger partial charge < -0.3 is 9.64 Å². The van der Waals surface area contributed by atoms with Crippen molar-refractivity contribution in [1.82, 2.24) is 4.90 Å². The van der Waals surface area contributed by atoms with Gasteiger partial charge in [-0.1, -0.05) is 6.92 Å². The average molecular weight is 210 g/mol. The van der Waals surface area contributed by atoms with Gasteiger partial charge in [0.15, 0.2) is 0 Å². The lowest BCUT2D eigenvalue weighted by Crippen LogP contribution is -2.34. The second kappa shape index (κ2) is 5.86. The van der Waals surface area contributed by atoms with Crippen LogP contribution in [0.25, 0.3) is 0 Å². The standard InChI is InChI=1S/C13H24NO/c1-12-2-7-14(8-3-12)9-4-13-5-10-15-11-6-13/h12-13H,1-11H2. The molecule has 15 heavy (non-hydrogen) atoms. The van der Waals surface area contributed by atoms with Crippen LogP contribution in [0.15, 0.2) is 0 Å². The van der Waals surface area contributed by atoms with Gasteiger partial charge in [-0.15, -0.1) is 0 Å². The number of hydrogen-bond acceptors (Lipinski definition) is 2. The fourth-order valence-corrected chi connectivity index (χ4v) is 2.61. The van der Waals surface area contributed by atoms with Crippen LogP contribution in [-0.2, 0) is 4.74 Å². The monoisotopic (exact) mass is 210 g/mol. The van der Waals surface area contributed by atoms with Crippen LogP contribution in [0.3, 0.4) is 0 Å². The van der Waals surface area contributed by atoms with Crippen LogP contribution in [0.2, 0.25) is 0 Å². The largest absolute Gasteiger partial charge is 0.381 e. The molecule has 2 saturated heterocycles. The average Bonchev–Trinajstić information content (AvgIpc) is 2.30. The van der Waals surface area contributed by atoms with E-state index in [1.165, 1.54) is 51.7 Å². The zero-order chi connectivity index (χ0) is 10.5. The summed E-state index contributed by atoms with van der Waals surface area (Å²) in [5, 5.41) is 0. The summed E-state index contributed by atoms with van der Waals surface area (Å²) in [6, 6.07) is 0. The Balaban J connectivity index is 1.60. The molecule has 2 aliphatic rings. The molecule has 2 aliphatic heterocycles. The number of ether oxygens (including phenoxy) is 1. The van der Waals surface area contributed by atoms with E-state index in [4.69, 9.17) is 4.74 Å². The first-order valence-electron chi connectivity index (χ1n) is 6.48. The summed E-state index contributed by atoms with van der Waals surface area (Å²) in [6.07, 6.45) is 6.55. The third-order valence-electron chi connectivity index (χ3n) is 3.90. The van der Waals surface area contributed by atoms with E-state index < -0.39 is 0 Å². The molecule has 0 saturated carbocycles. The molecule has 0 amide bonds. The summed E-state index contributed by atoms with van der Waals surface area (Å²) in [5.41, 5.74) is 0. The number of likely N-dealkylation sites (tertiary alicyclic amines) is 1. The van der Waals surface area contributed by atoms with Gasteiger partial charge in [0.2, 0.25) is 0 Å². The molecule has 2 heterocycles. The molecule has 0 aromatic heterocycles. The van der Waals surface area contributed by atoms with Crippen molar-refractivity contribution in [3.05, 3.63) is 6.92 Å². The molecule has 2 heteroatoms. The molecule has 0 N–H and O–H groups in total. The van der Waals surface area contributed by atoms with E-state index in [2.05, 4.69) is 11.8 Å². The minimum absolute atomic E-state index is 0.712. The number of rotatable bonds is 3. The van der Waals surface area contributed by atoms with Gasteiger partial charge in [-0.2, -0.15) is 0 Å². The van der Waals surface area contributed by atoms with Gasteiger partial charge in [-0.05, 0) is 63.6 Å². The van der Waals surface area contributed by atoms with E-state index in [0.29, 0.717) is 5.92 Å². The minimum Gasteiger partial charge on any atom is -0.381 e. The van der Waals surface area contributed by atoms with Crippen molar-refractivity contribution in [2.24, 2.45) is 11.8 Å². The molecule has 0 spiro atoms. The van der Waals surface area contributed by atoms with Gasteiger partial charge in [0, 0.05) is 13.2 Å². The molecule has 0 bridgehead atoms. The first kappa shape index (κ1) is 11.4. The lowest BCUT2D eigenvalue weighted by molar-refractivity contribution is 0.0586. The van der Waals surface area contributed by atoms with Gasteiger partial charge in [-0.25, -0.2) is 0 Å². The topological polar surface area (TPSA) is 12.5 Å². The zero-order valence-electron chi connectivity index (χ0n) is 9.79. The molecule has 2 nitrogen and oxygen atoms in total. The molecule has 1 radical (unpaired) electrons. The Bertz CT molecular complexity index is 169. The Labute approximate surface area is 94.0 Å². The Morgan fingerprint density at radius 1 is 1.07 bits per heavy atom. The maximum atomic E-state index is 5.38. The van der Waals surface area contributed by atoms with Crippen molar-refractivity contribution in [3.8, 4) is 0 Å². The van der Waals surface area contributed by atoms with Crippen LogP contribution in [0.4, 0.5) is 0 Å². The molecule has 2 rings (SSSR count). The van der Waals surface area contributed by atoms with Crippen LogP contribution in [-0.4, -0.2) is 37.7 Å². The fraction of sp³-hybridized carbons (Fsp3) is 0.923. The number of hydrogen-bond donors (Lipinski definition) is 0. The van der Waals surface area contributed by atoms with Crippen molar-refractivity contribution in [2.75, 3.05) is 32.8 Å². The number of piperidine rings is 1. The molecular weight excluding hydrogens is 186 g/mol. The van der Waals surface area contributed by atoms with E-state index in [1.54, 1.807) is 0 Å². The Morgan fingerprint density at radius 2 is 1.73 bits per heavy atom. The number of nitrogens with zero attached hydrogens (tertiary/aromatic N) is 1. The molecule has 0 atom stereocenters. The predicted molar refractivity (Wildman–Crippen MR) is 62.7 cm³/mol. The second-order valence-electron chi connectivity index (χ2n) is 5.13. The summed E-state index contributed by atoms with van der Waals surface area (Å²) < 4.78 is 5.38. The van der Waals surface area contributed by atoms with E-state index >= 15 is 0 Å². The summed E-state index contributed by atoms with van der Waals surface area (Å²) in [5.74, 6) is 1.64. The molecule has 0 aromatic rings. The van der Waals surface area contributed by atoms with E-state index in [0.717, 1.165) is 19.1 Å². The lowest BCUT2D eigenvalue weighted by Gasteiger charge is -2.32. The molecule has 0 unspecified atom stereocenters. The van der Waals surface area contributed by atoms with Crippen molar-refractivity contribution < 1.29 is 4.74 Å². The summed E-state index contributed by atoms with van der Waals surface area (Å²) in [7, 11) is 0. The Kier molecular flexibility index (Phi) is 4.45. The highest BCUT2D eigenvalue weighted by molar-refractivity contribution is 4.74. The van der Waals surface area contributed by atoms with Crippen LogP contribution in [0, 0.1) is 18.8 Å². The Morgan fingerprint density at radius 3 is 2.40 bits per heavy atom. The lowest BCUT2D eigenvalue weighted by atomic mass is 9.95. The van der Waals surface area contributed by atoms with Crippen LogP contribution in [0.5, 0.6) is 0 Å². The van der Waals surface area contributed by atoms with Gasteiger partial charge >= 0.3 is 0 Å². The Hall–Kier alpha value is -0.0800. The van der Waals surface area contributed by atoms with Gasteiger partial charge in [0.1, 0.15) is 0 Å². The third-order valence-corrected chi connectivity index (χ3v) is 3.90. The minimum atomic E-state index is 0.712. The molecular formula is C13H24NO. The smallest absolute Gasteiger partial charge is 0.0468 e. The van der Waals surface area contributed by atoms with Crippen LogP contribution >= 0.6 is 0 Å². The van der Waals surface area contributed by atoms with E-state index in [1.807, 2.05) is 0 Å². The predicted octanol–water partition coefficient (Wildman–Crippen LogP) is 2.35. The van der Waals surface area contributed by atoms with E-state index in [9.17, 15) is 0 Å². The van der Waals surface area contributed by atoms with Crippen LogP contribution < -0.4 is 0 Å². The normalized spacial score (nSPS) is 27.0. The molecule has 0 aromatic carbocycles. The van der Waals surface area contributed by atoms with Crippen molar-refractivity contribution in [1.29, 1.82) is 0 Å². The highest BCUT2D eigenvalue weighted by atomic mass is 16.5. The summed E-state index contributed by atoms with van der Waals surface area (Å²) in [6.45, 7) is 9.98. The maximum Gasteiger partial charge on any atom is 0.0468 e. The van der Waals surface area contributed by atoms with Gasteiger partial charge in [0.05, 0.1) is 0 Å². The molecule has 87 valence electrons. The zero-order valence-corrected chi connectivity index (χ0v) is 9.79. The fourth-order valence-electron chi connectivity index (χ4n) is 2.61. The molecule has 2 fully saturated rings. The highest BCUT2D eigenvalue weighted by Crippen LogP contribution is 2.21. The van der Waals surface area contributed by atoms with Gasteiger partial charge in [0.25, 0.3) is 0 Å². The highest BCUT2D eigenvalue weighted by Gasteiger charge is 2.18. The van der Waals surface area contributed by atoms with Crippen molar-refractivity contribution in [3.63, 3.8) is 0 Å². The second-order valence-corrected chi connectivity index (χ2v) is 5.13. The maximum absolute atomic E-state index is 5.38. The molecule has 0 aliphatic carbocycles. The summed E-state index contributed by atoms with van der Waals surface area (Å²) in [4.78, 5) is 2.62. The van der Waals surface area contributed by atoms with Crippen molar-refractivity contribution >= 4 is 0 Å². The first-order valence-corrected chi connectivity index (χ1v) is 6.48. The third kappa shape index (κ3) is 3.76. The van der Waals surface area contributed by atoms with E-state index in [-0.39, 0.29) is 0 Å². The van der Waals surface area contributed by atoms with Crippen molar-refractivity contribution in [2.45, 2.75) is 32.1 Å². The quantitative estimate of drug-likeness (QED) is 0.709. The summed E-state index contributed by atoms with van der Waals surface area (Å²) >= 11 is 0. The SMILES string of the molecule is [CH2]C1CCN(CCC2CCOCC2)CC1. The first-order chi connectivity index (χ1) is 7.34.